The molecule has 0 aliphatic heterocycles. The summed E-state index contributed by atoms with van der Waals surface area (Å²) in [6.07, 6.45) is 3.79. The molecule has 0 saturated heterocycles. The Morgan fingerprint density at radius 2 is 1.78 bits per heavy atom. The molecule has 41 heavy (non-hydrogen) atoms. The van der Waals surface area contributed by atoms with Crippen LogP contribution in [0.4, 0.5) is 11.4 Å². The molecule has 3 aromatic heterocycles. The number of carbonyl (C=O) groups excluding carboxylic acids is 2. The van der Waals surface area contributed by atoms with Crippen LogP contribution in [0.25, 0.3) is 17.0 Å². The van der Waals surface area contributed by atoms with Crippen LogP contribution in [0, 0.1) is 6.92 Å². The molecule has 10 heteroatoms. The molecular weight excluding hydrogens is 536 g/mol. The van der Waals surface area contributed by atoms with E-state index in [4.69, 9.17) is 20.4 Å². The van der Waals surface area contributed by atoms with Gasteiger partial charge in [0.1, 0.15) is 16.3 Å². The van der Waals surface area contributed by atoms with Crippen molar-refractivity contribution in [3.8, 4) is 11.4 Å². The van der Waals surface area contributed by atoms with Gasteiger partial charge in [-0.05, 0) is 61.7 Å². The summed E-state index contributed by atoms with van der Waals surface area (Å²) in [6.45, 7) is 2.85. The first kappa shape index (κ1) is 26.7. The van der Waals surface area contributed by atoms with Gasteiger partial charge in [0.15, 0.2) is 0 Å². The molecule has 4 N–H and O–H groups in total. The Kier molecular flexibility index (Phi) is 7.02. The molecule has 0 bridgehead atoms. The predicted octanol–water partition coefficient (Wildman–Crippen LogP) is 5.06. The number of thiazole rings is 1. The minimum Gasteiger partial charge on any atom is -0.397 e. The zero-order chi connectivity index (χ0) is 28.6. The lowest BCUT2D eigenvalue weighted by atomic mass is 9.95. The molecule has 3 heterocycles. The Morgan fingerprint density at radius 3 is 2.51 bits per heavy atom. The highest BCUT2D eigenvalue weighted by Gasteiger charge is 2.48. The lowest BCUT2D eigenvalue weighted by Crippen LogP contribution is -2.27. The van der Waals surface area contributed by atoms with E-state index in [0.29, 0.717) is 35.7 Å². The number of anilines is 2. The number of aryl methyl sites for hydroxylation is 1. The van der Waals surface area contributed by atoms with Gasteiger partial charge >= 0.3 is 0 Å². The first-order chi connectivity index (χ1) is 19.9. The number of nitrogens with one attached hydrogen (secondary N) is 2. The maximum absolute atomic E-state index is 12.8. The highest BCUT2D eigenvalue weighted by molar-refractivity contribution is 7.10. The summed E-state index contributed by atoms with van der Waals surface area (Å²) in [6, 6.07) is 18.6. The third kappa shape index (κ3) is 5.07. The third-order valence-corrected chi connectivity index (χ3v) is 8.51. The fourth-order valence-electron chi connectivity index (χ4n) is 5.07. The van der Waals surface area contributed by atoms with Crippen LogP contribution in [0.15, 0.2) is 72.2 Å². The van der Waals surface area contributed by atoms with Gasteiger partial charge in [0.2, 0.25) is 0 Å². The number of nitrogen functional groups attached to an aromatic ring is 1. The number of benzene rings is 2. The quantitative estimate of drug-likeness (QED) is 0.169. The van der Waals surface area contributed by atoms with Gasteiger partial charge in [-0.25, -0.2) is 9.97 Å². The minimum absolute atomic E-state index is 0.164. The normalized spacial score (nSPS) is 13.7. The van der Waals surface area contributed by atoms with Gasteiger partial charge in [-0.1, -0.05) is 24.3 Å². The molecule has 5 aromatic rings. The van der Waals surface area contributed by atoms with E-state index in [9.17, 15) is 9.59 Å². The molecule has 1 saturated carbocycles. The summed E-state index contributed by atoms with van der Waals surface area (Å²) >= 11 is 1.63. The molecule has 1 aliphatic carbocycles. The highest BCUT2D eigenvalue weighted by Crippen LogP contribution is 2.54. The number of rotatable bonds is 9. The molecule has 1 fully saturated rings. The first-order valence-corrected chi connectivity index (χ1v) is 14.3. The van der Waals surface area contributed by atoms with Crippen LogP contribution >= 0.6 is 11.3 Å². The van der Waals surface area contributed by atoms with Crippen molar-refractivity contribution in [1.29, 1.82) is 0 Å². The van der Waals surface area contributed by atoms with Gasteiger partial charge in [0, 0.05) is 36.2 Å². The summed E-state index contributed by atoms with van der Waals surface area (Å²) in [7, 11) is 1.60. The van der Waals surface area contributed by atoms with Crippen LogP contribution in [-0.4, -0.2) is 46.4 Å². The fraction of sp³-hybridized carbons (Fsp3) is 0.226. The number of imidazole rings is 1. The van der Waals surface area contributed by atoms with Crippen molar-refractivity contribution in [2.24, 2.45) is 0 Å². The second-order valence-corrected chi connectivity index (χ2v) is 11.0. The van der Waals surface area contributed by atoms with Gasteiger partial charge < -0.3 is 21.1 Å². The number of ether oxygens (including phenoxy) is 1. The van der Waals surface area contributed by atoms with Crippen molar-refractivity contribution < 1.29 is 14.3 Å². The number of methoxy groups -OCH3 is 1. The fourth-order valence-corrected chi connectivity index (χ4v) is 6.16. The van der Waals surface area contributed by atoms with Crippen molar-refractivity contribution in [2.75, 3.05) is 31.3 Å². The summed E-state index contributed by atoms with van der Waals surface area (Å²) in [4.78, 5) is 35.2. The number of nitrogens with two attached hydrogens (primary N) is 1. The lowest BCUT2D eigenvalue weighted by molar-refractivity contribution is 0.0936. The standard InChI is InChI=1S/C31H30N6O3S/c1-19-27(37-17-21(9-12-26(37)34-19)28(38)33-15-16-40-2)25-18-41-30(36-25)31(13-14-31)22-10-7-20(8-11-22)29(39)35-24-6-4-3-5-23(24)32/h3-12,17-18H,13-16,32H2,1-2H3,(H,33,38)(H,35,39). The predicted molar refractivity (Wildman–Crippen MR) is 161 cm³/mol. The van der Waals surface area contributed by atoms with Crippen LogP contribution in [-0.2, 0) is 10.2 Å². The van der Waals surface area contributed by atoms with E-state index in [1.54, 1.807) is 36.6 Å². The topological polar surface area (TPSA) is 124 Å². The Balaban J connectivity index is 1.24. The molecular formula is C31H30N6O3S. The van der Waals surface area contributed by atoms with E-state index < -0.39 is 0 Å². The monoisotopic (exact) mass is 566 g/mol. The van der Waals surface area contributed by atoms with Crippen molar-refractivity contribution in [3.05, 3.63) is 99.6 Å². The van der Waals surface area contributed by atoms with Gasteiger partial charge in [-0.2, -0.15) is 0 Å². The molecule has 0 unspecified atom stereocenters. The van der Waals surface area contributed by atoms with Crippen molar-refractivity contribution in [1.82, 2.24) is 19.7 Å². The van der Waals surface area contributed by atoms with Crippen LogP contribution in [0.5, 0.6) is 0 Å². The average Bonchev–Trinajstić information content (AvgIpc) is 3.52. The van der Waals surface area contributed by atoms with E-state index >= 15 is 0 Å². The van der Waals surface area contributed by atoms with Crippen molar-refractivity contribution in [2.45, 2.75) is 25.2 Å². The molecule has 9 nitrogen and oxygen atoms in total. The number of pyridine rings is 1. The number of fused-ring (bicyclic) bond motifs is 1. The van der Waals surface area contributed by atoms with Gasteiger partial charge in [0.05, 0.1) is 34.9 Å². The Labute approximate surface area is 241 Å². The first-order valence-electron chi connectivity index (χ1n) is 13.4. The van der Waals surface area contributed by atoms with Crippen LogP contribution < -0.4 is 16.4 Å². The van der Waals surface area contributed by atoms with Gasteiger partial charge in [0.25, 0.3) is 11.8 Å². The molecule has 6 rings (SSSR count). The van der Waals surface area contributed by atoms with Crippen LogP contribution in [0.2, 0.25) is 0 Å². The average molecular weight is 567 g/mol. The second-order valence-electron chi connectivity index (χ2n) is 10.2. The number of aromatic nitrogens is 3. The van der Waals surface area contributed by atoms with E-state index in [-0.39, 0.29) is 17.2 Å². The maximum Gasteiger partial charge on any atom is 0.255 e. The van der Waals surface area contributed by atoms with E-state index in [0.717, 1.165) is 46.1 Å². The number of carbonyl (C=O) groups is 2. The maximum atomic E-state index is 12.8. The van der Waals surface area contributed by atoms with Gasteiger partial charge in [-0.15, -0.1) is 11.3 Å². The third-order valence-electron chi connectivity index (χ3n) is 7.46. The SMILES string of the molecule is COCCNC(=O)c1ccc2nc(C)c(-c3csc(C4(c5ccc(C(=O)Nc6ccccc6N)cc5)CC4)n3)n2c1. The zero-order valence-electron chi connectivity index (χ0n) is 22.8. The van der Waals surface area contributed by atoms with E-state index in [1.807, 2.05) is 60.0 Å². The van der Waals surface area contributed by atoms with E-state index in [2.05, 4.69) is 16.0 Å². The number of nitrogens with zero attached hydrogens (tertiary/aromatic N) is 3. The summed E-state index contributed by atoms with van der Waals surface area (Å²) in [5.41, 5.74) is 12.5. The number of hydrogen-bond donors (Lipinski definition) is 3. The molecule has 2 aromatic carbocycles. The Hall–Kier alpha value is -4.54. The number of hydrogen-bond acceptors (Lipinski definition) is 7. The summed E-state index contributed by atoms with van der Waals surface area (Å²) in [5.74, 6) is -0.368. The Bertz CT molecular complexity index is 1750. The zero-order valence-corrected chi connectivity index (χ0v) is 23.6. The molecule has 0 atom stereocenters. The minimum atomic E-state index is -0.203. The van der Waals surface area contributed by atoms with Crippen molar-refractivity contribution >= 4 is 40.2 Å². The van der Waals surface area contributed by atoms with Gasteiger partial charge in [-0.3, -0.25) is 14.0 Å². The number of para-hydroxylation sites is 2. The van der Waals surface area contributed by atoms with E-state index in [1.165, 1.54) is 0 Å². The molecule has 208 valence electrons. The highest BCUT2D eigenvalue weighted by atomic mass is 32.1. The largest absolute Gasteiger partial charge is 0.397 e. The van der Waals surface area contributed by atoms with Crippen molar-refractivity contribution in [3.63, 3.8) is 0 Å². The number of amides is 2. The molecule has 1 aliphatic rings. The molecule has 2 amide bonds. The van der Waals surface area contributed by atoms with Crippen LogP contribution in [0.3, 0.4) is 0 Å². The second kappa shape index (κ2) is 10.8. The summed E-state index contributed by atoms with van der Waals surface area (Å²) < 4.78 is 6.96. The smallest absolute Gasteiger partial charge is 0.255 e. The molecule has 0 radical (unpaired) electrons. The molecule has 0 spiro atoms. The lowest BCUT2D eigenvalue weighted by Gasteiger charge is -2.14. The van der Waals surface area contributed by atoms with Crippen LogP contribution in [0.1, 0.15) is 49.8 Å². The Morgan fingerprint density at radius 1 is 1.02 bits per heavy atom. The summed E-state index contributed by atoms with van der Waals surface area (Å²) in [5, 5.41) is 8.84.